The number of hydrogen-bond acceptors (Lipinski definition) is 4. The van der Waals surface area contributed by atoms with Gasteiger partial charge in [0.2, 0.25) is 5.91 Å². The largest absolute Gasteiger partial charge is 0.390 e. The number of rotatable bonds is 7. The van der Waals surface area contributed by atoms with E-state index >= 15 is 0 Å². The first-order chi connectivity index (χ1) is 11.1. The summed E-state index contributed by atoms with van der Waals surface area (Å²) in [6.07, 6.45) is 2.78. The molecular weight excluding hydrogens is 294 g/mol. The lowest BCUT2D eigenvalue weighted by atomic mass is 10.1. The molecule has 0 fully saturated rings. The van der Waals surface area contributed by atoms with Gasteiger partial charge in [0.25, 0.3) is 5.91 Å². The summed E-state index contributed by atoms with van der Waals surface area (Å²) < 4.78 is 0. The summed E-state index contributed by atoms with van der Waals surface area (Å²) in [6.45, 7) is 4.39. The van der Waals surface area contributed by atoms with Crippen LogP contribution in [0, 0.1) is 0 Å². The number of nitrogens with zero attached hydrogens (tertiary/aromatic N) is 1. The molecule has 1 aromatic carbocycles. The zero-order chi connectivity index (χ0) is 16.7. The van der Waals surface area contributed by atoms with Crippen LogP contribution >= 0.6 is 0 Å². The van der Waals surface area contributed by atoms with Gasteiger partial charge in [0, 0.05) is 24.1 Å². The van der Waals surface area contributed by atoms with Crippen molar-refractivity contribution >= 4 is 23.2 Å². The number of anilines is 1. The van der Waals surface area contributed by atoms with Crippen LogP contribution in [-0.2, 0) is 9.63 Å². The van der Waals surface area contributed by atoms with Crippen LogP contribution in [0.3, 0.4) is 0 Å². The third-order valence-corrected chi connectivity index (χ3v) is 3.58. The third-order valence-electron chi connectivity index (χ3n) is 3.58. The van der Waals surface area contributed by atoms with Gasteiger partial charge in [-0.1, -0.05) is 25.1 Å². The smallest absolute Gasteiger partial charge is 0.251 e. The van der Waals surface area contributed by atoms with E-state index in [1.54, 1.807) is 24.3 Å². The summed E-state index contributed by atoms with van der Waals surface area (Å²) in [6, 6.07) is 6.91. The molecule has 2 N–H and O–H groups in total. The Bertz CT molecular complexity index is 599. The van der Waals surface area contributed by atoms with Gasteiger partial charge in [0.15, 0.2) is 0 Å². The van der Waals surface area contributed by atoms with E-state index in [-0.39, 0.29) is 17.9 Å². The van der Waals surface area contributed by atoms with Crippen LogP contribution in [0.4, 0.5) is 5.69 Å². The van der Waals surface area contributed by atoms with Crippen LogP contribution in [0.2, 0.25) is 0 Å². The van der Waals surface area contributed by atoms with Gasteiger partial charge in [0.1, 0.15) is 6.10 Å². The zero-order valence-electron chi connectivity index (χ0n) is 13.6. The van der Waals surface area contributed by atoms with Gasteiger partial charge in [-0.15, -0.1) is 0 Å². The monoisotopic (exact) mass is 317 g/mol. The molecule has 124 valence electrons. The highest BCUT2D eigenvalue weighted by Gasteiger charge is 2.20. The van der Waals surface area contributed by atoms with Crippen molar-refractivity contribution in [2.45, 2.75) is 45.6 Å². The highest BCUT2D eigenvalue weighted by molar-refractivity contribution is 5.97. The molecule has 0 saturated carbocycles. The van der Waals surface area contributed by atoms with Crippen molar-refractivity contribution in [3.05, 3.63) is 29.8 Å². The van der Waals surface area contributed by atoms with E-state index < -0.39 is 0 Å². The van der Waals surface area contributed by atoms with Crippen LogP contribution < -0.4 is 10.6 Å². The van der Waals surface area contributed by atoms with Crippen molar-refractivity contribution in [3.63, 3.8) is 0 Å². The molecule has 1 atom stereocenters. The SMILES string of the molecule is CCCC(=O)Nc1cccc(C(=O)NC[C@@H]2CC(CC)=NO2)c1. The molecule has 6 heteroatoms. The van der Waals surface area contributed by atoms with Crippen molar-refractivity contribution in [2.75, 3.05) is 11.9 Å². The van der Waals surface area contributed by atoms with Gasteiger partial charge < -0.3 is 15.5 Å². The van der Waals surface area contributed by atoms with E-state index in [1.165, 1.54) is 0 Å². The number of carbonyl (C=O) groups is 2. The van der Waals surface area contributed by atoms with Crippen molar-refractivity contribution in [1.29, 1.82) is 0 Å². The molecule has 23 heavy (non-hydrogen) atoms. The minimum atomic E-state index is -0.190. The summed E-state index contributed by atoms with van der Waals surface area (Å²) in [7, 11) is 0. The normalized spacial score (nSPS) is 16.4. The highest BCUT2D eigenvalue weighted by atomic mass is 16.6. The molecule has 0 aliphatic carbocycles. The fourth-order valence-electron chi connectivity index (χ4n) is 2.30. The first-order valence-electron chi connectivity index (χ1n) is 8.02. The van der Waals surface area contributed by atoms with Crippen LogP contribution in [0.5, 0.6) is 0 Å². The Morgan fingerprint density at radius 1 is 1.35 bits per heavy atom. The summed E-state index contributed by atoms with van der Waals surface area (Å²) in [5.74, 6) is -0.237. The van der Waals surface area contributed by atoms with Gasteiger partial charge >= 0.3 is 0 Å². The van der Waals surface area contributed by atoms with Gasteiger partial charge in [-0.05, 0) is 31.0 Å². The number of amides is 2. The van der Waals surface area contributed by atoms with Gasteiger partial charge in [-0.25, -0.2) is 0 Å². The van der Waals surface area contributed by atoms with Crippen molar-refractivity contribution in [2.24, 2.45) is 5.16 Å². The van der Waals surface area contributed by atoms with E-state index in [2.05, 4.69) is 15.8 Å². The highest BCUT2D eigenvalue weighted by Crippen LogP contribution is 2.13. The summed E-state index contributed by atoms with van der Waals surface area (Å²) >= 11 is 0. The second kappa shape index (κ2) is 8.31. The summed E-state index contributed by atoms with van der Waals surface area (Å²) in [5, 5.41) is 9.60. The first-order valence-corrected chi connectivity index (χ1v) is 8.02. The second-order valence-corrected chi connectivity index (χ2v) is 5.53. The Morgan fingerprint density at radius 3 is 2.87 bits per heavy atom. The third kappa shape index (κ3) is 5.09. The fourth-order valence-corrected chi connectivity index (χ4v) is 2.30. The number of benzene rings is 1. The van der Waals surface area contributed by atoms with Crippen LogP contribution in [0.1, 0.15) is 49.9 Å². The second-order valence-electron chi connectivity index (χ2n) is 5.53. The van der Waals surface area contributed by atoms with E-state index in [4.69, 9.17) is 4.84 Å². The molecule has 0 radical (unpaired) electrons. The Balaban J connectivity index is 1.86. The Kier molecular flexibility index (Phi) is 6.14. The molecule has 0 aromatic heterocycles. The number of hydrogen-bond donors (Lipinski definition) is 2. The van der Waals surface area contributed by atoms with E-state index in [9.17, 15) is 9.59 Å². The van der Waals surface area contributed by atoms with E-state index in [1.807, 2.05) is 13.8 Å². The number of carbonyl (C=O) groups excluding carboxylic acids is 2. The maximum Gasteiger partial charge on any atom is 0.251 e. The first kappa shape index (κ1) is 17.0. The zero-order valence-corrected chi connectivity index (χ0v) is 13.6. The molecule has 6 nitrogen and oxygen atoms in total. The molecule has 1 aliphatic heterocycles. The Hall–Kier alpha value is -2.37. The van der Waals surface area contributed by atoms with E-state index in [0.29, 0.717) is 24.2 Å². The Labute approximate surface area is 136 Å². The minimum Gasteiger partial charge on any atom is -0.390 e. The molecule has 0 unspecified atom stereocenters. The topological polar surface area (TPSA) is 79.8 Å². The lowest BCUT2D eigenvalue weighted by Gasteiger charge is -2.11. The van der Waals surface area contributed by atoms with Crippen molar-refractivity contribution in [3.8, 4) is 0 Å². The van der Waals surface area contributed by atoms with Crippen molar-refractivity contribution in [1.82, 2.24) is 5.32 Å². The molecule has 0 spiro atoms. The Morgan fingerprint density at radius 2 is 2.17 bits per heavy atom. The maximum atomic E-state index is 12.2. The fraction of sp³-hybridized carbons (Fsp3) is 0.471. The van der Waals surface area contributed by atoms with E-state index in [0.717, 1.165) is 25.0 Å². The van der Waals surface area contributed by atoms with Crippen LogP contribution in [0.15, 0.2) is 29.4 Å². The molecular formula is C17H23N3O3. The molecule has 1 aromatic rings. The maximum absolute atomic E-state index is 12.2. The minimum absolute atomic E-state index is 0.0475. The number of nitrogens with one attached hydrogen (secondary N) is 2. The van der Waals surface area contributed by atoms with Gasteiger partial charge in [0.05, 0.1) is 12.3 Å². The van der Waals surface area contributed by atoms with Gasteiger partial charge in [-0.2, -0.15) is 0 Å². The lowest BCUT2D eigenvalue weighted by Crippen LogP contribution is -2.32. The molecule has 2 amide bonds. The molecule has 1 heterocycles. The standard InChI is InChI=1S/C17H23N3O3/c1-3-6-16(21)19-14-8-5-7-12(9-14)17(22)18-11-15-10-13(4-2)20-23-15/h5,7-9,15H,3-4,6,10-11H2,1-2H3,(H,18,22)(H,19,21)/t15-/m0/s1. The van der Waals surface area contributed by atoms with Crippen molar-refractivity contribution < 1.29 is 14.4 Å². The summed E-state index contributed by atoms with van der Waals surface area (Å²) in [4.78, 5) is 29.1. The average molecular weight is 317 g/mol. The van der Waals surface area contributed by atoms with Crippen LogP contribution in [0.25, 0.3) is 0 Å². The molecule has 2 rings (SSSR count). The predicted octanol–water partition coefficient (Wildman–Crippen LogP) is 2.71. The number of oxime groups is 1. The lowest BCUT2D eigenvalue weighted by molar-refractivity contribution is -0.116. The summed E-state index contributed by atoms with van der Waals surface area (Å²) in [5.41, 5.74) is 2.16. The predicted molar refractivity (Wildman–Crippen MR) is 89.5 cm³/mol. The molecule has 0 saturated heterocycles. The molecule has 1 aliphatic rings. The quantitative estimate of drug-likeness (QED) is 0.811. The van der Waals surface area contributed by atoms with Crippen LogP contribution in [-0.4, -0.2) is 30.2 Å². The molecule has 0 bridgehead atoms. The average Bonchev–Trinajstić information content (AvgIpc) is 3.01. The van der Waals surface area contributed by atoms with Gasteiger partial charge in [-0.3, -0.25) is 9.59 Å².